The third-order valence-corrected chi connectivity index (χ3v) is 3.59. The molecule has 110 valence electrons. The first kappa shape index (κ1) is 14.7. The first-order valence-electron chi connectivity index (χ1n) is 7.21. The van der Waals surface area contributed by atoms with Gasteiger partial charge < -0.3 is 15.0 Å². The summed E-state index contributed by atoms with van der Waals surface area (Å²) < 4.78 is 5.30. The summed E-state index contributed by atoms with van der Waals surface area (Å²) in [6.45, 7) is 7.12. The lowest BCUT2D eigenvalue weighted by Crippen LogP contribution is -2.36. The number of nitrogens with one attached hydrogen (secondary N) is 1. The summed E-state index contributed by atoms with van der Waals surface area (Å²) in [6, 6.07) is 3.69. The highest BCUT2D eigenvalue weighted by molar-refractivity contribution is 5.91. The van der Waals surface area contributed by atoms with Crippen LogP contribution in [0.5, 0.6) is 0 Å². The van der Waals surface area contributed by atoms with Crippen molar-refractivity contribution in [2.75, 3.05) is 36.5 Å². The first-order chi connectivity index (χ1) is 9.74. The van der Waals surface area contributed by atoms with Gasteiger partial charge in [0, 0.05) is 19.0 Å². The number of amides is 1. The molecule has 20 heavy (non-hydrogen) atoms. The predicted molar refractivity (Wildman–Crippen MR) is 77.8 cm³/mol. The number of aromatic nitrogens is 2. The van der Waals surface area contributed by atoms with E-state index in [9.17, 15) is 4.79 Å². The van der Waals surface area contributed by atoms with E-state index in [1.165, 1.54) is 0 Å². The molecule has 1 fully saturated rings. The first-order valence-corrected chi connectivity index (χ1v) is 7.21. The third-order valence-electron chi connectivity index (χ3n) is 3.59. The van der Waals surface area contributed by atoms with Crippen LogP contribution >= 0.6 is 0 Å². The van der Waals surface area contributed by atoms with Gasteiger partial charge in [0.2, 0.25) is 5.91 Å². The maximum absolute atomic E-state index is 12.0. The van der Waals surface area contributed by atoms with E-state index in [4.69, 9.17) is 4.74 Å². The maximum Gasteiger partial charge on any atom is 0.228 e. The average Bonchev–Trinajstić information content (AvgIpc) is 2.50. The van der Waals surface area contributed by atoms with Crippen LogP contribution in [0, 0.1) is 5.92 Å². The van der Waals surface area contributed by atoms with Crippen molar-refractivity contribution in [2.45, 2.75) is 26.7 Å². The molecule has 1 aromatic heterocycles. The van der Waals surface area contributed by atoms with Crippen molar-refractivity contribution in [1.29, 1.82) is 0 Å². The minimum atomic E-state index is 0.0171. The lowest BCUT2D eigenvalue weighted by Gasteiger charge is -2.27. The van der Waals surface area contributed by atoms with Gasteiger partial charge in [-0.15, -0.1) is 10.2 Å². The number of carbonyl (C=O) groups is 1. The van der Waals surface area contributed by atoms with Crippen LogP contribution in [0.4, 0.5) is 11.6 Å². The molecule has 2 heterocycles. The van der Waals surface area contributed by atoms with Crippen LogP contribution in [0.1, 0.15) is 26.7 Å². The van der Waals surface area contributed by atoms with E-state index < -0.39 is 0 Å². The molecule has 0 unspecified atom stereocenters. The fourth-order valence-electron chi connectivity index (χ4n) is 2.24. The van der Waals surface area contributed by atoms with Crippen molar-refractivity contribution in [2.24, 2.45) is 5.92 Å². The molecule has 0 bridgehead atoms. The van der Waals surface area contributed by atoms with E-state index in [1.54, 1.807) is 6.07 Å². The van der Waals surface area contributed by atoms with Gasteiger partial charge in [0.05, 0.1) is 13.2 Å². The topological polar surface area (TPSA) is 67.4 Å². The number of hydrogen-bond acceptors (Lipinski definition) is 5. The SMILES string of the molecule is CCC(CC)C(=O)Nc1ccc(N2CCOCC2)nn1. The monoisotopic (exact) mass is 278 g/mol. The van der Waals surface area contributed by atoms with Gasteiger partial charge in [0.25, 0.3) is 0 Å². The third kappa shape index (κ3) is 3.66. The molecule has 0 saturated carbocycles. The summed E-state index contributed by atoms with van der Waals surface area (Å²) >= 11 is 0. The summed E-state index contributed by atoms with van der Waals surface area (Å²) in [5.41, 5.74) is 0. The molecule has 6 heteroatoms. The lowest BCUT2D eigenvalue weighted by atomic mass is 10.0. The normalized spacial score (nSPS) is 15.4. The highest BCUT2D eigenvalue weighted by Crippen LogP contribution is 2.15. The Morgan fingerprint density at radius 2 is 2.00 bits per heavy atom. The Bertz CT molecular complexity index is 425. The zero-order chi connectivity index (χ0) is 14.4. The Hall–Kier alpha value is -1.69. The van der Waals surface area contributed by atoms with Gasteiger partial charge in [-0.25, -0.2) is 0 Å². The minimum Gasteiger partial charge on any atom is -0.378 e. The Labute approximate surface area is 119 Å². The standard InChI is InChI=1S/C14H22N4O2/c1-3-11(4-2)14(19)15-12-5-6-13(17-16-12)18-7-9-20-10-8-18/h5-6,11H,3-4,7-10H2,1-2H3,(H,15,16,19). The Kier molecular flexibility index (Phi) is 5.29. The van der Waals surface area contributed by atoms with E-state index in [0.29, 0.717) is 5.82 Å². The fourth-order valence-corrected chi connectivity index (χ4v) is 2.24. The number of nitrogens with zero attached hydrogens (tertiary/aromatic N) is 3. The molecule has 6 nitrogen and oxygen atoms in total. The summed E-state index contributed by atoms with van der Waals surface area (Å²) in [7, 11) is 0. The molecule has 0 aromatic carbocycles. The van der Waals surface area contributed by atoms with Crippen molar-refractivity contribution in [3.05, 3.63) is 12.1 Å². The zero-order valence-corrected chi connectivity index (χ0v) is 12.1. The van der Waals surface area contributed by atoms with E-state index in [-0.39, 0.29) is 11.8 Å². The summed E-state index contributed by atoms with van der Waals surface area (Å²) in [4.78, 5) is 14.1. The molecule has 1 amide bonds. The van der Waals surface area contributed by atoms with Crippen molar-refractivity contribution in [3.8, 4) is 0 Å². The van der Waals surface area contributed by atoms with Gasteiger partial charge in [-0.1, -0.05) is 13.8 Å². The van der Waals surface area contributed by atoms with E-state index in [2.05, 4.69) is 20.4 Å². The van der Waals surface area contributed by atoms with Gasteiger partial charge in [-0.2, -0.15) is 0 Å². The molecular formula is C14H22N4O2. The van der Waals surface area contributed by atoms with E-state index >= 15 is 0 Å². The minimum absolute atomic E-state index is 0.0171. The lowest BCUT2D eigenvalue weighted by molar-refractivity contribution is -0.120. The van der Waals surface area contributed by atoms with Crippen LogP contribution in [0.3, 0.4) is 0 Å². The van der Waals surface area contributed by atoms with Crippen LogP contribution in [-0.4, -0.2) is 42.4 Å². The van der Waals surface area contributed by atoms with Gasteiger partial charge in [0.15, 0.2) is 11.6 Å². The summed E-state index contributed by atoms with van der Waals surface area (Å²) in [6.07, 6.45) is 1.67. The van der Waals surface area contributed by atoms with Crippen molar-refractivity contribution >= 4 is 17.5 Å². The Balaban J connectivity index is 1.95. The second-order valence-corrected chi connectivity index (χ2v) is 4.88. The average molecular weight is 278 g/mol. The predicted octanol–water partition coefficient (Wildman–Crippen LogP) is 1.69. The summed E-state index contributed by atoms with van der Waals surface area (Å²) in [5, 5.41) is 11.1. The molecule has 2 rings (SSSR count). The van der Waals surface area contributed by atoms with Gasteiger partial charge in [0.1, 0.15) is 0 Å². The molecule has 1 N–H and O–H groups in total. The number of carbonyl (C=O) groups excluding carboxylic acids is 1. The molecule has 1 aliphatic heterocycles. The highest BCUT2D eigenvalue weighted by atomic mass is 16.5. The number of hydrogen-bond donors (Lipinski definition) is 1. The molecular weight excluding hydrogens is 256 g/mol. The number of anilines is 2. The number of ether oxygens (including phenoxy) is 1. The zero-order valence-electron chi connectivity index (χ0n) is 12.1. The molecule has 0 radical (unpaired) electrons. The molecule has 1 saturated heterocycles. The quantitative estimate of drug-likeness (QED) is 0.887. The van der Waals surface area contributed by atoms with Gasteiger partial charge in [-0.3, -0.25) is 4.79 Å². The smallest absolute Gasteiger partial charge is 0.228 e. The van der Waals surface area contributed by atoms with Gasteiger partial charge in [-0.05, 0) is 25.0 Å². The van der Waals surface area contributed by atoms with Crippen LogP contribution in [0.2, 0.25) is 0 Å². The van der Waals surface area contributed by atoms with Crippen molar-refractivity contribution < 1.29 is 9.53 Å². The van der Waals surface area contributed by atoms with Crippen LogP contribution < -0.4 is 10.2 Å². The number of morpholine rings is 1. The Morgan fingerprint density at radius 3 is 2.55 bits per heavy atom. The van der Waals surface area contributed by atoms with Gasteiger partial charge >= 0.3 is 0 Å². The molecule has 0 atom stereocenters. The Morgan fingerprint density at radius 1 is 1.30 bits per heavy atom. The maximum atomic E-state index is 12.0. The molecule has 0 spiro atoms. The van der Waals surface area contributed by atoms with Crippen molar-refractivity contribution in [1.82, 2.24) is 10.2 Å². The summed E-state index contributed by atoms with van der Waals surface area (Å²) in [5.74, 6) is 1.40. The van der Waals surface area contributed by atoms with Crippen LogP contribution in [0.25, 0.3) is 0 Å². The second kappa shape index (κ2) is 7.19. The molecule has 0 aliphatic carbocycles. The molecule has 1 aliphatic rings. The highest BCUT2D eigenvalue weighted by Gasteiger charge is 2.16. The second-order valence-electron chi connectivity index (χ2n) is 4.88. The van der Waals surface area contributed by atoms with E-state index in [0.717, 1.165) is 45.0 Å². The van der Waals surface area contributed by atoms with Crippen LogP contribution in [0.15, 0.2) is 12.1 Å². The largest absolute Gasteiger partial charge is 0.378 e. The molecule has 1 aromatic rings. The van der Waals surface area contributed by atoms with E-state index in [1.807, 2.05) is 19.9 Å². The van der Waals surface area contributed by atoms with Crippen LogP contribution in [-0.2, 0) is 9.53 Å². The number of rotatable bonds is 5. The van der Waals surface area contributed by atoms with Crippen molar-refractivity contribution in [3.63, 3.8) is 0 Å². The fraction of sp³-hybridized carbons (Fsp3) is 0.643.